The van der Waals surface area contributed by atoms with Crippen molar-refractivity contribution in [1.82, 2.24) is 0 Å². The molecule has 0 heterocycles. The van der Waals surface area contributed by atoms with Gasteiger partial charge in [-0.15, -0.1) is 0 Å². The van der Waals surface area contributed by atoms with Gasteiger partial charge in [0.25, 0.3) is 0 Å². The van der Waals surface area contributed by atoms with Crippen LogP contribution in [-0.2, 0) is 27.1 Å². The topological polar surface area (TPSA) is 20.2 Å². The summed E-state index contributed by atoms with van der Waals surface area (Å²) >= 11 is 0. The van der Waals surface area contributed by atoms with Crippen molar-refractivity contribution in [3.63, 3.8) is 0 Å². The predicted molar refractivity (Wildman–Crippen MR) is 111 cm³/mol. The fourth-order valence-corrected chi connectivity index (χ4v) is 3.96. The number of aliphatic hydroxyl groups is 1. The summed E-state index contributed by atoms with van der Waals surface area (Å²) in [7, 11) is 0. The van der Waals surface area contributed by atoms with E-state index in [-0.39, 0.29) is 21.7 Å². The fraction of sp³-hybridized carbons (Fsp3) is 0.0769. The van der Waals surface area contributed by atoms with Crippen molar-refractivity contribution in [3.05, 3.63) is 144 Å². The van der Waals surface area contributed by atoms with E-state index in [2.05, 4.69) is 36.4 Å². The van der Waals surface area contributed by atoms with Crippen molar-refractivity contribution in [2.75, 3.05) is 0 Å². The standard InChI is InChI=1S/C26H22O.Ti/c27-25(21-13-5-1-6-14-21)26(22-15-7-2-8-16-22,23-17-9-3-10-18-23)24-19-11-4-12-20-24;/h1-20,25,27H;. The van der Waals surface area contributed by atoms with Crippen LogP contribution in [0.1, 0.15) is 28.4 Å². The van der Waals surface area contributed by atoms with Crippen molar-refractivity contribution in [3.8, 4) is 0 Å². The van der Waals surface area contributed by atoms with E-state index >= 15 is 0 Å². The Hall–Kier alpha value is -2.45. The first-order chi connectivity index (χ1) is 13.3. The summed E-state index contributed by atoms with van der Waals surface area (Å²) in [6.07, 6.45) is -0.731. The minimum absolute atomic E-state index is 0. The molecular formula is C26H22OTi. The second kappa shape index (κ2) is 9.16. The van der Waals surface area contributed by atoms with Gasteiger partial charge in [0.05, 0.1) is 11.5 Å². The largest absolute Gasteiger partial charge is 0.387 e. The molecule has 0 aliphatic rings. The Morgan fingerprint density at radius 3 is 1.07 bits per heavy atom. The Labute approximate surface area is 181 Å². The molecule has 0 saturated carbocycles. The van der Waals surface area contributed by atoms with E-state index in [0.717, 1.165) is 22.3 Å². The number of hydrogen-bond donors (Lipinski definition) is 1. The smallest absolute Gasteiger partial charge is 0.0968 e. The van der Waals surface area contributed by atoms with Crippen molar-refractivity contribution < 1.29 is 26.8 Å². The quantitative estimate of drug-likeness (QED) is 0.335. The maximum Gasteiger partial charge on any atom is 0.0968 e. The van der Waals surface area contributed by atoms with Crippen LogP contribution in [0.3, 0.4) is 0 Å². The third-order valence-electron chi connectivity index (χ3n) is 5.21. The Morgan fingerprint density at radius 2 is 0.750 bits per heavy atom. The molecule has 0 fully saturated rings. The number of rotatable bonds is 5. The summed E-state index contributed by atoms with van der Waals surface area (Å²) in [5.74, 6) is 0. The normalized spacial score (nSPS) is 12.0. The van der Waals surface area contributed by atoms with Gasteiger partial charge in [0, 0.05) is 21.7 Å². The van der Waals surface area contributed by atoms with Gasteiger partial charge in [0.15, 0.2) is 0 Å². The molecule has 4 aromatic carbocycles. The molecular weight excluding hydrogens is 376 g/mol. The van der Waals surface area contributed by atoms with Crippen molar-refractivity contribution in [2.24, 2.45) is 0 Å². The monoisotopic (exact) mass is 398 g/mol. The van der Waals surface area contributed by atoms with Gasteiger partial charge in [-0.3, -0.25) is 0 Å². The van der Waals surface area contributed by atoms with Crippen molar-refractivity contribution in [2.45, 2.75) is 11.5 Å². The molecule has 0 radical (unpaired) electrons. The average molecular weight is 398 g/mol. The zero-order valence-electron chi connectivity index (χ0n) is 15.6. The summed E-state index contributed by atoms with van der Waals surface area (Å²) in [6.45, 7) is 0. The summed E-state index contributed by atoms with van der Waals surface area (Å²) < 4.78 is 0. The third-order valence-corrected chi connectivity index (χ3v) is 5.21. The summed E-state index contributed by atoms with van der Waals surface area (Å²) in [5, 5.41) is 11.8. The van der Waals surface area contributed by atoms with Crippen LogP contribution in [0.15, 0.2) is 121 Å². The molecule has 1 atom stereocenters. The second-order valence-electron chi connectivity index (χ2n) is 6.72. The average Bonchev–Trinajstić information content (AvgIpc) is 2.77. The molecule has 1 nitrogen and oxygen atoms in total. The van der Waals surface area contributed by atoms with Crippen LogP contribution in [0.5, 0.6) is 0 Å². The molecule has 0 amide bonds. The van der Waals surface area contributed by atoms with E-state index in [1.807, 2.05) is 84.9 Å². The third kappa shape index (κ3) is 3.62. The van der Waals surface area contributed by atoms with Crippen LogP contribution in [0.4, 0.5) is 0 Å². The molecule has 2 heteroatoms. The predicted octanol–water partition coefficient (Wildman–Crippen LogP) is 5.75. The Balaban J connectivity index is 0.00000225. The van der Waals surface area contributed by atoms with Gasteiger partial charge in [-0.05, 0) is 22.3 Å². The molecule has 4 rings (SSSR count). The van der Waals surface area contributed by atoms with E-state index in [0.29, 0.717) is 0 Å². The van der Waals surface area contributed by atoms with E-state index in [4.69, 9.17) is 0 Å². The molecule has 4 aromatic rings. The summed E-state index contributed by atoms with van der Waals surface area (Å²) in [6, 6.07) is 40.8. The Morgan fingerprint density at radius 1 is 0.464 bits per heavy atom. The Bertz CT molecular complexity index is 873. The van der Waals surface area contributed by atoms with Crippen LogP contribution in [0, 0.1) is 0 Å². The van der Waals surface area contributed by atoms with Crippen LogP contribution < -0.4 is 0 Å². The molecule has 136 valence electrons. The minimum atomic E-state index is -0.731. The van der Waals surface area contributed by atoms with Crippen LogP contribution in [-0.4, -0.2) is 5.11 Å². The molecule has 0 aliphatic heterocycles. The van der Waals surface area contributed by atoms with Gasteiger partial charge < -0.3 is 5.11 Å². The van der Waals surface area contributed by atoms with E-state index in [1.165, 1.54) is 0 Å². The fourth-order valence-electron chi connectivity index (χ4n) is 3.96. The second-order valence-corrected chi connectivity index (χ2v) is 6.72. The maximum absolute atomic E-state index is 11.8. The molecule has 0 spiro atoms. The van der Waals surface area contributed by atoms with Gasteiger partial charge in [-0.1, -0.05) is 121 Å². The van der Waals surface area contributed by atoms with Gasteiger partial charge in [0.2, 0.25) is 0 Å². The number of benzene rings is 4. The van der Waals surface area contributed by atoms with Crippen molar-refractivity contribution >= 4 is 0 Å². The SMILES string of the molecule is OC(c1ccccc1)C(c1ccccc1)(c1ccccc1)c1ccccc1.[Ti]. The van der Waals surface area contributed by atoms with Crippen molar-refractivity contribution in [1.29, 1.82) is 0 Å². The molecule has 0 bridgehead atoms. The minimum Gasteiger partial charge on any atom is -0.387 e. The first-order valence-corrected chi connectivity index (χ1v) is 9.23. The van der Waals surface area contributed by atoms with Crippen LogP contribution in [0.2, 0.25) is 0 Å². The first kappa shape index (κ1) is 20.3. The molecule has 0 aromatic heterocycles. The first-order valence-electron chi connectivity index (χ1n) is 9.23. The number of hydrogen-bond acceptors (Lipinski definition) is 1. The van der Waals surface area contributed by atoms with Gasteiger partial charge >= 0.3 is 0 Å². The zero-order chi connectivity index (χ0) is 18.5. The maximum atomic E-state index is 11.8. The summed E-state index contributed by atoms with van der Waals surface area (Å²) in [5.41, 5.74) is 3.40. The van der Waals surface area contributed by atoms with Gasteiger partial charge in [-0.2, -0.15) is 0 Å². The summed E-state index contributed by atoms with van der Waals surface area (Å²) in [4.78, 5) is 0. The van der Waals surface area contributed by atoms with Crippen LogP contribution in [0.25, 0.3) is 0 Å². The molecule has 1 unspecified atom stereocenters. The molecule has 28 heavy (non-hydrogen) atoms. The van der Waals surface area contributed by atoms with E-state index in [1.54, 1.807) is 0 Å². The van der Waals surface area contributed by atoms with Gasteiger partial charge in [-0.25, -0.2) is 0 Å². The Kier molecular flexibility index (Phi) is 6.64. The molecule has 0 aliphatic carbocycles. The number of aliphatic hydroxyl groups excluding tert-OH is 1. The van der Waals surface area contributed by atoms with E-state index < -0.39 is 11.5 Å². The van der Waals surface area contributed by atoms with E-state index in [9.17, 15) is 5.11 Å². The zero-order valence-corrected chi connectivity index (χ0v) is 17.1. The molecule has 0 saturated heterocycles. The molecule has 1 N–H and O–H groups in total. The van der Waals surface area contributed by atoms with Crippen LogP contribution >= 0.6 is 0 Å². The van der Waals surface area contributed by atoms with Gasteiger partial charge in [0.1, 0.15) is 0 Å².